The first-order chi connectivity index (χ1) is 25.1. The second-order valence-electron chi connectivity index (χ2n) is 17.7. The molecule has 0 atom stereocenters. The average Bonchev–Trinajstić information content (AvgIpc) is 3.20. The van der Waals surface area contributed by atoms with Gasteiger partial charge in [-0.1, -0.05) is 116 Å². The molecule has 282 valence electrons. The Morgan fingerprint density at radius 3 is 0.725 bits per heavy atom. The maximum Gasteiger partial charge on any atom is 0.230 e. The fourth-order valence-corrected chi connectivity index (χ4v) is 11.2. The minimum atomic E-state index is 0.0735. The summed E-state index contributed by atoms with van der Waals surface area (Å²) in [4.78, 5) is 51.4. The number of nitrogens with zero attached hydrogens (tertiary/aromatic N) is 3. The topological polar surface area (TPSA) is 60.9 Å². The minimum Gasteiger partial charge on any atom is -0.309 e. The number of rotatable bonds is 9. The van der Waals surface area contributed by atoms with Gasteiger partial charge in [-0.2, -0.15) is 0 Å². The Morgan fingerprint density at radius 1 is 0.314 bits per heavy atom. The summed E-state index contributed by atoms with van der Waals surface area (Å²) in [7, 11) is 0. The van der Waals surface area contributed by atoms with Gasteiger partial charge in [0.2, 0.25) is 17.7 Å². The van der Waals surface area contributed by atoms with E-state index in [1.165, 1.54) is 38.5 Å². The Hall–Kier alpha value is -2.37. The van der Waals surface area contributed by atoms with E-state index in [1.54, 1.807) is 0 Å². The van der Waals surface area contributed by atoms with Crippen molar-refractivity contribution in [3.05, 3.63) is 18.2 Å². The lowest BCUT2D eigenvalue weighted by atomic mass is 9.85. The molecule has 7 rings (SSSR count). The number of anilines is 3. The van der Waals surface area contributed by atoms with Crippen LogP contribution in [-0.2, 0) is 14.4 Å². The summed E-state index contributed by atoms with van der Waals surface area (Å²) in [6.45, 7) is 0. The second kappa shape index (κ2) is 18.1. The highest BCUT2D eigenvalue weighted by Crippen LogP contribution is 2.42. The first kappa shape index (κ1) is 37.0. The van der Waals surface area contributed by atoms with Crippen LogP contribution in [0, 0.1) is 17.8 Å². The molecule has 1 aromatic rings. The lowest BCUT2D eigenvalue weighted by Gasteiger charge is -2.42. The third-order valence-corrected chi connectivity index (χ3v) is 14.1. The van der Waals surface area contributed by atoms with Crippen molar-refractivity contribution in [2.45, 2.75) is 211 Å². The van der Waals surface area contributed by atoms with Crippen LogP contribution < -0.4 is 14.7 Å². The molecule has 0 unspecified atom stereocenters. The van der Waals surface area contributed by atoms with Gasteiger partial charge in [-0.15, -0.1) is 0 Å². The summed E-state index contributed by atoms with van der Waals surface area (Å²) in [5.41, 5.74) is 2.87. The van der Waals surface area contributed by atoms with Crippen LogP contribution in [0.1, 0.15) is 193 Å². The first-order valence-electron chi connectivity index (χ1n) is 22.2. The van der Waals surface area contributed by atoms with Gasteiger partial charge in [-0.3, -0.25) is 14.4 Å². The number of amides is 3. The number of carbonyl (C=O) groups is 3. The first-order valence-corrected chi connectivity index (χ1v) is 22.2. The van der Waals surface area contributed by atoms with Crippen LogP contribution >= 0.6 is 0 Å². The van der Waals surface area contributed by atoms with Gasteiger partial charge < -0.3 is 14.7 Å². The minimum absolute atomic E-state index is 0.0735. The molecule has 6 heteroatoms. The number of carbonyl (C=O) groups excluding carboxylic acids is 3. The fourth-order valence-electron chi connectivity index (χ4n) is 11.2. The zero-order chi connectivity index (χ0) is 35.0. The molecule has 6 saturated carbocycles. The Morgan fingerprint density at radius 2 is 0.510 bits per heavy atom. The predicted molar refractivity (Wildman–Crippen MR) is 209 cm³/mol. The Balaban J connectivity index is 1.37. The summed E-state index contributed by atoms with van der Waals surface area (Å²) in [6.07, 6.45) is 33.3. The Kier molecular flexibility index (Phi) is 13.1. The van der Waals surface area contributed by atoms with Gasteiger partial charge in [-0.05, 0) is 95.2 Å². The molecule has 0 aliphatic heterocycles. The number of hydrogen-bond donors (Lipinski definition) is 0. The van der Waals surface area contributed by atoms with E-state index in [2.05, 4.69) is 32.9 Å². The SMILES string of the molecule is O=C(C1CCCCC1)N(c1cc(N(C(=O)C2CCCCC2)C2CCCCC2)cc(N(C(=O)C2CCCCC2)C2CCCCC2)c1)C1CCCCC1. The Bertz CT molecular complexity index is 1120. The third-order valence-electron chi connectivity index (χ3n) is 14.1. The van der Waals surface area contributed by atoms with Crippen LogP contribution in [0.3, 0.4) is 0 Å². The quantitative estimate of drug-likeness (QED) is 0.258. The maximum atomic E-state index is 14.9. The second-order valence-corrected chi connectivity index (χ2v) is 17.7. The fraction of sp³-hybridized carbons (Fsp3) is 0.800. The molecule has 0 radical (unpaired) electrons. The zero-order valence-corrected chi connectivity index (χ0v) is 32.0. The van der Waals surface area contributed by atoms with Crippen LogP contribution in [0.15, 0.2) is 18.2 Å². The molecule has 6 aliphatic rings. The highest BCUT2D eigenvalue weighted by molar-refractivity contribution is 6.02. The van der Waals surface area contributed by atoms with Crippen LogP contribution in [0.25, 0.3) is 0 Å². The van der Waals surface area contributed by atoms with E-state index >= 15 is 0 Å². The van der Waals surface area contributed by atoms with E-state index in [0.29, 0.717) is 17.7 Å². The molecular formula is C45H69N3O3. The van der Waals surface area contributed by atoms with E-state index in [0.717, 1.165) is 171 Å². The highest BCUT2D eigenvalue weighted by atomic mass is 16.2. The van der Waals surface area contributed by atoms with Crippen LogP contribution in [0.2, 0.25) is 0 Å². The molecule has 6 fully saturated rings. The molecule has 3 amide bonds. The van der Waals surface area contributed by atoms with Crippen molar-refractivity contribution >= 4 is 34.8 Å². The maximum absolute atomic E-state index is 14.9. The summed E-state index contributed by atoms with van der Waals surface area (Å²) >= 11 is 0. The van der Waals surface area contributed by atoms with Crippen LogP contribution in [0.4, 0.5) is 17.1 Å². The van der Waals surface area contributed by atoms with E-state index in [4.69, 9.17) is 0 Å². The van der Waals surface area contributed by atoms with Gasteiger partial charge in [0.1, 0.15) is 0 Å². The van der Waals surface area contributed by atoms with Crippen molar-refractivity contribution in [3.8, 4) is 0 Å². The molecule has 0 saturated heterocycles. The number of benzene rings is 1. The molecule has 6 aliphatic carbocycles. The van der Waals surface area contributed by atoms with E-state index in [-0.39, 0.29) is 35.9 Å². The largest absolute Gasteiger partial charge is 0.309 e. The molecule has 6 nitrogen and oxygen atoms in total. The molecule has 0 bridgehead atoms. The molecule has 0 N–H and O–H groups in total. The van der Waals surface area contributed by atoms with E-state index in [1.807, 2.05) is 0 Å². The number of hydrogen-bond acceptors (Lipinski definition) is 3. The summed E-state index contributed by atoms with van der Waals surface area (Å²) in [5.74, 6) is 1.12. The van der Waals surface area contributed by atoms with Crippen molar-refractivity contribution in [1.82, 2.24) is 0 Å². The van der Waals surface area contributed by atoms with Crippen molar-refractivity contribution in [1.29, 1.82) is 0 Å². The molecule has 0 spiro atoms. The van der Waals surface area contributed by atoms with Crippen LogP contribution in [-0.4, -0.2) is 35.8 Å². The lowest BCUT2D eigenvalue weighted by Crippen LogP contribution is -2.48. The molecule has 51 heavy (non-hydrogen) atoms. The highest BCUT2D eigenvalue weighted by Gasteiger charge is 2.38. The summed E-state index contributed by atoms with van der Waals surface area (Å²) < 4.78 is 0. The third kappa shape index (κ3) is 8.89. The molecule has 0 heterocycles. The van der Waals surface area contributed by atoms with Gasteiger partial charge in [-0.25, -0.2) is 0 Å². The average molecular weight is 700 g/mol. The van der Waals surface area contributed by atoms with E-state index in [9.17, 15) is 14.4 Å². The van der Waals surface area contributed by atoms with Gasteiger partial charge in [0.05, 0.1) is 0 Å². The smallest absolute Gasteiger partial charge is 0.230 e. The van der Waals surface area contributed by atoms with Gasteiger partial charge in [0, 0.05) is 52.9 Å². The van der Waals surface area contributed by atoms with Crippen molar-refractivity contribution in [3.63, 3.8) is 0 Å². The van der Waals surface area contributed by atoms with Crippen LogP contribution in [0.5, 0.6) is 0 Å². The summed E-state index contributed by atoms with van der Waals surface area (Å²) in [6, 6.07) is 7.30. The monoisotopic (exact) mass is 700 g/mol. The van der Waals surface area contributed by atoms with Gasteiger partial charge in [0.25, 0.3) is 0 Å². The molecule has 1 aromatic carbocycles. The van der Waals surface area contributed by atoms with Gasteiger partial charge in [0.15, 0.2) is 0 Å². The van der Waals surface area contributed by atoms with Crippen molar-refractivity contribution in [2.24, 2.45) is 17.8 Å². The Labute approximate surface area is 309 Å². The normalized spacial score (nSPS) is 24.2. The van der Waals surface area contributed by atoms with Crippen molar-refractivity contribution < 1.29 is 14.4 Å². The molecule has 0 aromatic heterocycles. The predicted octanol–water partition coefficient (Wildman–Crippen LogP) is 11.4. The standard InChI is InChI=1S/C45H69N3O3/c49-43(34-19-7-1-8-20-34)46(37-25-13-4-14-26-37)40-31-41(47(38-27-15-5-16-28-38)44(50)35-21-9-2-10-22-35)33-42(32-40)48(39-29-17-6-18-30-39)45(51)36-23-11-3-12-24-36/h31-39H,1-30H2. The summed E-state index contributed by atoms with van der Waals surface area (Å²) in [5, 5.41) is 0. The zero-order valence-electron chi connectivity index (χ0n) is 32.0. The van der Waals surface area contributed by atoms with E-state index < -0.39 is 0 Å². The lowest BCUT2D eigenvalue weighted by molar-refractivity contribution is -0.124. The van der Waals surface area contributed by atoms with Gasteiger partial charge >= 0.3 is 0 Å². The molecular weight excluding hydrogens is 631 g/mol. The van der Waals surface area contributed by atoms with Crippen molar-refractivity contribution in [2.75, 3.05) is 14.7 Å².